The van der Waals surface area contributed by atoms with Crippen molar-refractivity contribution in [3.63, 3.8) is 0 Å². The fourth-order valence-electron chi connectivity index (χ4n) is 1.03. The van der Waals surface area contributed by atoms with Crippen molar-refractivity contribution in [2.24, 2.45) is 0 Å². The Morgan fingerprint density at radius 3 is 2.38 bits per heavy atom. The second-order valence-corrected chi connectivity index (χ2v) is 3.07. The Morgan fingerprint density at radius 2 is 1.92 bits per heavy atom. The van der Waals surface area contributed by atoms with Gasteiger partial charge in [0.05, 0.1) is 12.7 Å². The van der Waals surface area contributed by atoms with E-state index >= 15 is 0 Å². The van der Waals surface area contributed by atoms with Gasteiger partial charge in [-0.25, -0.2) is 0 Å². The van der Waals surface area contributed by atoms with Crippen LogP contribution in [0.5, 0.6) is 0 Å². The molecule has 13 heavy (non-hydrogen) atoms. The zero-order valence-electron chi connectivity index (χ0n) is 9.00. The molecule has 0 aromatic rings. The number of ether oxygens (including phenoxy) is 2. The van der Waals surface area contributed by atoms with E-state index in [1.807, 2.05) is 20.8 Å². The smallest absolute Gasteiger partial charge is 0.161 e. The molecule has 3 heteroatoms. The van der Waals surface area contributed by atoms with Crippen molar-refractivity contribution in [2.75, 3.05) is 13.2 Å². The molecule has 2 unspecified atom stereocenters. The summed E-state index contributed by atoms with van der Waals surface area (Å²) in [4.78, 5) is 11.2. The molecule has 2 atom stereocenters. The molecule has 0 rings (SSSR count). The fourth-order valence-corrected chi connectivity index (χ4v) is 1.03. The maximum absolute atomic E-state index is 11.2. The van der Waals surface area contributed by atoms with Crippen LogP contribution in [0.3, 0.4) is 0 Å². The molecule has 0 amide bonds. The van der Waals surface area contributed by atoms with Gasteiger partial charge in [-0.3, -0.25) is 4.79 Å². The van der Waals surface area contributed by atoms with Gasteiger partial charge in [-0.1, -0.05) is 6.92 Å². The Morgan fingerprint density at radius 1 is 1.31 bits per heavy atom. The van der Waals surface area contributed by atoms with Crippen LogP contribution in [0, 0.1) is 0 Å². The van der Waals surface area contributed by atoms with Crippen molar-refractivity contribution in [3.8, 4) is 0 Å². The summed E-state index contributed by atoms with van der Waals surface area (Å²) in [5, 5.41) is 0. The lowest BCUT2D eigenvalue weighted by atomic mass is 10.2. The molecule has 0 fully saturated rings. The van der Waals surface area contributed by atoms with E-state index in [1.54, 1.807) is 6.92 Å². The molecule has 0 saturated carbocycles. The highest BCUT2D eigenvalue weighted by atomic mass is 16.5. The van der Waals surface area contributed by atoms with Gasteiger partial charge in [0.1, 0.15) is 6.10 Å². The Labute approximate surface area is 80.4 Å². The molecule has 0 spiro atoms. The maximum atomic E-state index is 11.2. The van der Waals surface area contributed by atoms with Gasteiger partial charge < -0.3 is 9.47 Å². The SMILES string of the molecule is CCOCC(C)OC(C)C(=O)CC. The number of carbonyl (C=O) groups excluding carboxylic acids is 1. The first-order valence-corrected chi connectivity index (χ1v) is 4.87. The lowest BCUT2D eigenvalue weighted by Crippen LogP contribution is -2.27. The highest BCUT2D eigenvalue weighted by Gasteiger charge is 2.14. The lowest BCUT2D eigenvalue weighted by molar-refractivity contribution is -0.134. The van der Waals surface area contributed by atoms with Gasteiger partial charge in [0.25, 0.3) is 0 Å². The number of carbonyl (C=O) groups is 1. The molecule has 78 valence electrons. The molecule has 0 aromatic carbocycles. The highest BCUT2D eigenvalue weighted by molar-refractivity contribution is 5.82. The minimum Gasteiger partial charge on any atom is -0.379 e. The van der Waals surface area contributed by atoms with E-state index in [2.05, 4.69) is 0 Å². The van der Waals surface area contributed by atoms with Gasteiger partial charge in [-0.15, -0.1) is 0 Å². The lowest BCUT2D eigenvalue weighted by Gasteiger charge is -2.17. The normalized spacial score (nSPS) is 15.4. The topological polar surface area (TPSA) is 35.5 Å². The van der Waals surface area contributed by atoms with E-state index in [0.29, 0.717) is 19.6 Å². The molecule has 0 saturated heterocycles. The molecule has 0 aromatic heterocycles. The Hall–Kier alpha value is -0.410. The van der Waals surface area contributed by atoms with Gasteiger partial charge in [0, 0.05) is 13.0 Å². The summed E-state index contributed by atoms with van der Waals surface area (Å²) in [6.45, 7) is 8.72. The minimum atomic E-state index is -0.305. The van der Waals surface area contributed by atoms with Crippen molar-refractivity contribution in [1.29, 1.82) is 0 Å². The van der Waals surface area contributed by atoms with E-state index in [-0.39, 0.29) is 18.0 Å². The summed E-state index contributed by atoms with van der Waals surface area (Å²) >= 11 is 0. The van der Waals surface area contributed by atoms with Crippen LogP contribution < -0.4 is 0 Å². The van der Waals surface area contributed by atoms with Crippen LogP contribution in [0.4, 0.5) is 0 Å². The average molecular weight is 188 g/mol. The molecular weight excluding hydrogens is 168 g/mol. The van der Waals surface area contributed by atoms with Gasteiger partial charge in [0.2, 0.25) is 0 Å². The van der Waals surface area contributed by atoms with Crippen LogP contribution in [0.2, 0.25) is 0 Å². The number of ketones is 1. The molecule has 0 heterocycles. The maximum Gasteiger partial charge on any atom is 0.161 e. The van der Waals surface area contributed by atoms with E-state index < -0.39 is 0 Å². The summed E-state index contributed by atoms with van der Waals surface area (Å²) in [5.41, 5.74) is 0. The first kappa shape index (κ1) is 12.6. The Balaban J connectivity index is 3.64. The highest BCUT2D eigenvalue weighted by Crippen LogP contribution is 2.02. The third-order valence-corrected chi connectivity index (χ3v) is 1.79. The van der Waals surface area contributed by atoms with Crippen molar-refractivity contribution in [2.45, 2.75) is 46.3 Å². The Kier molecular flexibility index (Phi) is 6.82. The summed E-state index contributed by atoms with van der Waals surface area (Å²) in [6, 6.07) is 0. The quantitative estimate of drug-likeness (QED) is 0.611. The standard InChI is InChI=1S/C10H20O3/c1-5-10(11)9(4)13-8(3)7-12-6-2/h8-9H,5-7H2,1-4H3. The molecule has 0 N–H and O–H groups in total. The largest absolute Gasteiger partial charge is 0.379 e. The van der Waals surface area contributed by atoms with Gasteiger partial charge in [0.15, 0.2) is 5.78 Å². The predicted molar refractivity (Wildman–Crippen MR) is 51.8 cm³/mol. The van der Waals surface area contributed by atoms with Crippen LogP contribution >= 0.6 is 0 Å². The van der Waals surface area contributed by atoms with Gasteiger partial charge in [-0.2, -0.15) is 0 Å². The fraction of sp³-hybridized carbons (Fsp3) is 0.900. The Bertz CT molecular complexity index is 145. The van der Waals surface area contributed by atoms with E-state index in [9.17, 15) is 4.79 Å². The number of hydrogen-bond donors (Lipinski definition) is 0. The molecule has 0 aliphatic rings. The summed E-state index contributed by atoms with van der Waals surface area (Å²) < 4.78 is 10.6. The zero-order chi connectivity index (χ0) is 10.3. The van der Waals surface area contributed by atoms with Crippen molar-refractivity contribution < 1.29 is 14.3 Å². The number of hydrogen-bond acceptors (Lipinski definition) is 3. The first-order chi connectivity index (χ1) is 6.11. The third-order valence-electron chi connectivity index (χ3n) is 1.79. The third kappa shape index (κ3) is 5.77. The van der Waals surface area contributed by atoms with Crippen LogP contribution in [-0.2, 0) is 14.3 Å². The van der Waals surface area contributed by atoms with Crippen LogP contribution in [0.25, 0.3) is 0 Å². The second-order valence-electron chi connectivity index (χ2n) is 3.07. The van der Waals surface area contributed by atoms with E-state index in [1.165, 1.54) is 0 Å². The second kappa shape index (κ2) is 7.04. The average Bonchev–Trinajstić information content (AvgIpc) is 2.13. The first-order valence-electron chi connectivity index (χ1n) is 4.87. The van der Waals surface area contributed by atoms with Crippen LogP contribution in [0.1, 0.15) is 34.1 Å². The zero-order valence-corrected chi connectivity index (χ0v) is 9.00. The van der Waals surface area contributed by atoms with Crippen LogP contribution in [-0.4, -0.2) is 31.2 Å². The van der Waals surface area contributed by atoms with E-state index in [0.717, 1.165) is 0 Å². The summed E-state index contributed by atoms with van der Waals surface area (Å²) in [7, 11) is 0. The van der Waals surface area contributed by atoms with Gasteiger partial charge >= 0.3 is 0 Å². The summed E-state index contributed by atoms with van der Waals surface area (Å²) in [5.74, 6) is 0.142. The molecule has 0 aliphatic heterocycles. The summed E-state index contributed by atoms with van der Waals surface area (Å²) in [6.07, 6.45) is 0.216. The van der Waals surface area contributed by atoms with Crippen molar-refractivity contribution in [1.82, 2.24) is 0 Å². The van der Waals surface area contributed by atoms with E-state index in [4.69, 9.17) is 9.47 Å². The number of rotatable bonds is 7. The monoisotopic (exact) mass is 188 g/mol. The van der Waals surface area contributed by atoms with Crippen LogP contribution in [0.15, 0.2) is 0 Å². The van der Waals surface area contributed by atoms with Gasteiger partial charge in [-0.05, 0) is 20.8 Å². The molecule has 0 bridgehead atoms. The van der Waals surface area contributed by atoms with Crippen molar-refractivity contribution in [3.05, 3.63) is 0 Å². The predicted octanol–water partition coefficient (Wildman–Crippen LogP) is 1.80. The number of Topliss-reactive ketones (excluding diaryl/α,β-unsaturated/α-hetero) is 1. The molecule has 0 radical (unpaired) electrons. The minimum absolute atomic E-state index is 0.00884. The molecule has 0 aliphatic carbocycles. The molecule has 3 nitrogen and oxygen atoms in total. The van der Waals surface area contributed by atoms with Crippen molar-refractivity contribution >= 4 is 5.78 Å². The molecular formula is C10H20O3.